The predicted octanol–water partition coefficient (Wildman–Crippen LogP) is 0.495. The molecule has 1 atom stereocenters. The molecular weight excluding hydrogens is 274 g/mol. The summed E-state index contributed by atoms with van der Waals surface area (Å²) in [5, 5.41) is 6.12. The van der Waals surface area contributed by atoms with Crippen molar-refractivity contribution in [1.29, 1.82) is 0 Å². The Bertz CT molecular complexity index is 361. The highest BCUT2D eigenvalue weighted by Crippen LogP contribution is 2.10. The van der Waals surface area contributed by atoms with E-state index in [9.17, 15) is 4.79 Å². The van der Waals surface area contributed by atoms with Crippen LogP contribution in [0.5, 0.6) is 0 Å². The highest BCUT2D eigenvalue weighted by atomic mass is 79.9. The van der Waals surface area contributed by atoms with E-state index in [0.717, 1.165) is 17.6 Å². The lowest BCUT2D eigenvalue weighted by Gasteiger charge is -2.23. The zero-order valence-electron chi connectivity index (χ0n) is 8.75. The Labute approximate surface area is 102 Å². The molecule has 1 amide bonds. The van der Waals surface area contributed by atoms with Gasteiger partial charge in [-0.15, -0.1) is 0 Å². The van der Waals surface area contributed by atoms with Crippen LogP contribution in [0.2, 0.25) is 0 Å². The summed E-state index contributed by atoms with van der Waals surface area (Å²) in [7, 11) is 0. The summed E-state index contributed by atoms with van der Waals surface area (Å²) in [4.78, 5) is 14.6. The summed E-state index contributed by atoms with van der Waals surface area (Å²) in [6, 6.07) is 1.95. The zero-order chi connectivity index (χ0) is 11.4. The van der Waals surface area contributed by atoms with Gasteiger partial charge in [-0.05, 0) is 22.0 Å². The summed E-state index contributed by atoms with van der Waals surface area (Å²) in [5.41, 5.74) is 0.559. The van der Waals surface area contributed by atoms with Gasteiger partial charge in [0.2, 0.25) is 0 Å². The number of nitrogens with one attached hydrogen (secondary N) is 3. The Morgan fingerprint density at radius 1 is 1.69 bits per heavy atom. The van der Waals surface area contributed by atoms with Crippen LogP contribution in [0, 0.1) is 0 Å². The van der Waals surface area contributed by atoms with Gasteiger partial charge in [0.05, 0.1) is 13.2 Å². The van der Waals surface area contributed by atoms with E-state index in [4.69, 9.17) is 4.74 Å². The topological polar surface area (TPSA) is 66.2 Å². The van der Waals surface area contributed by atoms with Crippen molar-refractivity contribution in [2.75, 3.05) is 26.3 Å². The van der Waals surface area contributed by atoms with Gasteiger partial charge in [0.1, 0.15) is 5.69 Å². The van der Waals surface area contributed by atoms with E-state index < -0.39 is 0 Å². The molecule has 6 heteroatoms. The SMILES string of the molecule is O=C(NCC1COCCN1)c1cc(Br)c[nH]1. The van der Waals surface area contributed by atoms with E-state index in [-0.39, 0.29) is 11.9 Å². The number of morpholine rings is 1. The lowest BCUT2D eigenvalue weighted by molar-refractivity contribution is 0.0733. The maximum Gasteiger partial charge on any atom is 0.267 e. The van der Waals surface area contributed by atoms with Crippen LogP contribution in [0.25, 0.3) is 0 Å². The summed E-state index contributed by atoms with van der Waals surface area (Å²) < 4.78 is 6.17. The van der Waals surface area contributed by atoms with Crippen molar-refractivity contribution < 1.29 is 9.53 Å². The zero-order valence-corrected chi connectivity index (χ0v) is 10.3. The third kappa shape index (κ3) is 3.07. The normalized spacial score (nSPS) is 20.7. The maximum atomic E-state index is 11.7. The van der Waals surface area contributed by atoms with Gasteiger partial charge in [-0.2, -0.15) is 0 Å². The van der Waals surface area contributed by atoms with Gasteiger partial charge in [0.15, 0.2) is 0 Å². The molecule has 0 bridgehead atoms. The van der Waals surface area contributed by atoms with Crippen molar-refractivity contribution in [3.05, 3.63) is 22.4 Å². The minimum Gasteiger partial charge on any atom is -0.378 e. The first-order valence-corrected chi connectivity index (χ1v) is 5.98. The molecule has 3 N–H and O–H groups in total. The number of aromatic amines is 1. The molecule has 1 unspecified atom stereocenters. The van der Waals surface area contributed by atoms with Crippen LogP contribution in [0.3, 0.4) is 0 Å². The van der Waals surface area contributed by atoms with Gasteiger partial charge in [0.25, 0.3) is 5.91 Å². The molecule has 0 saturated carbocycles. The summed E-state index contributed by atoms with van der Waals surface area (Å²) >= 11 is 3.28. The van der Waals surface area contributed by atoms with E-state index in [2.05, 4.69) is 31.5 Å². The smallest absolute Gasteiger partial charge is 0.267 e. The molecule has 0 aliphatic carbocycles. The van der Waals surface area contributed by atoms with Crippen LogP contribution in [0.1, 0.15) is 10.5 Å². The Morgan fingerprint density at radius 3 is 3.19 bits per heavy atom. The number of amides is 1. The monoisotopic (exact) mass is 287 g/mol. The molecule has 88 valence electrons. The first-order chi connectivity index (χ1) is 7.75. The fraction of sp³-hybridized carbons (Fsp3) is 0.500. The number of ether oxygens (including phenoxy) is 1. The second kappa shape index (κ2) is 5.47. The molecule has 16 heavy (non-hydrogen) atoms. The second-order valence-electron chi connectivity index (χ2n) is 3.67. The first kappa shape index (κ1) is 11.6. The molecule has 1 fully saturated rings. The molecule has 2 heterocycles. The molecule has 2 rings (SSSR count). The average molecular weight is 288 g/mol. The second-order valence-corrected chi connectivity index (χ2v) is 4.58. The van der Waals surface area contributed by atoms with Gasteiger partial charge in [0, 0.05) is 29.8 Å². The standard InChI is InChI=1S/C10H14BrN3O2/c11-7-3-9(13-4-7)10(15)14-5-8-6-16-2-1-12-8/h3-4,8,12-13H,1-2,5-6H2,(H,14,15). The van der Waals surface area contributed by atoms with Crippen molar-refractivity contribution in [2.24, 2.45) is 0 Å². The third-order valence-electron chi connectivity index (χ3n) is 2.40. The lowest BCUT2D eigenvalue weighted by Crippen LogP contribution is -2.48. The van der Waals surface area contributed by atoms with Crippen molar-refractivity contribution in [2.45, 2.75) is 6.04 Å². The fourth-order valence-electron chi connectivity index (χ4n) is 1.56. The number of rotatable bonds is 3. The van der Waals surface area contributed by atoms with Crippen molar-refractivity contribution in [3.63, 3.8) is 0 Å². The van der Waals surface area contributed by atoms with Crippen LogP contribution in [-0.4, -0.2) is 43.2 Å². The van der Waals surface area contributed by atoms with Gasteiger partial charge in [-0.25, -0.2) is 0 Å². The molecule has 1 aromatic heterocycles. The van der Waals surface area contributed by atoms with Crippen LogP contribution < -0.4 is 10.6 Å². The molecular formula is C10H14BrN3O2. The van der Waals surface area contributed by atoms with E-state index >= 15 is 0 Å². The maximum absolute atomic E-state index is 11.7. The first-order valence-electron chi connectivity index (χ1n) is 5.19. The van der Waals surface area contributed by atoms with Crippen LogP contribution >= 0.6 is 15.9 Å². The van der Waals surface area contributed by atoms with E-state index in [1.165, 1.54) is 0 Å². The highest BCUT2D eigenvalue weighted by Gasteiger charge is 2.14. The number of aromatic nitrogens is 1. The summed E-state index contributed by atoms with van der Waals surface area (Å²) in [5.74, 6) is -0.0990. The Balaban J connectivity index is 1.79. The van der Waals surface area contributed by atoms with Crippen LogP contribution in [0.4, 0.5) is 0 Å². The van der Waals surface area contributed by atoms with Gasteiger partial charge in [-0.3, -0.25) is 4.79 Å². The number of carbonyl (C=O) groups excluding carboxylic acids is 1. The van der Waals surface area contributed by atoms with Crippen LogP contribution in [0.15, 0.2) is 16.7 Å². The summed E-state index contributed by atoms with van der Waals surface area (Å²) in [6.45, 7) is 2.81. The molecule has 1 aliphatic heterocycles. The van der Waals surface area contributed by atoms with Gasteiger partial charge in [-0.1, -0.05) is 0 Å². The minimum atomic E-state index is -0.0990. The number of hydrogen-bond donors (Lipinski definition) is 3. The lowest BCUT2D eigenvalue weighted by atomic mass is 10.2. The minimum absolute atomic E-state index is 0.0990. The Hall–Kier alpha value is -0.850. The van der Waals surface area contributed by atoms with Crippen molar-refractivity contribution in [3.8, 4) is 0 Å². The highest BCUT2D eigenvalue weighted by molar-refractivity contribution is 9.10. The van der Waals surface area contributed by atoms with E-state index in [0.29, 0.717) is 18.8 Å². The quantitative estimate of drug-likeness (QED) is 0.758. The number of hydrogen-bond acceptors (Lipinski definition) is 3. The summed E-state index contributed by atoms with van der Waals surface area (Å²) in [6.07, 6.45) is 1.73. The van der Waals surface area contributed by atoms with Crippen LogP contribution in [-0.2, 0) is 4.74 Å². The van der Waals surface area contributed by atoms with E-state index in [1.807, 2.05) is 0 Å². The molecule has 0 aromatic carbocycles. The average Bonchev–Trinajstić information content (AvgIpc) is 2.74. The number of H-pyrrole nitrogens is 1. The molecule has 0 spiro atoms. The largest absolute Gasteiger partial charge is 0.378 e. The predicted molar refractivity (Wildman–Crippen MR) is 63.4 cm³/mol. The third-order valence-corrected chi connectivity index (χ3v) is 2.86. The van der Waals surface area contributed by atoms with E-state index in [1.54, 1.807) is 12.3 Å². The van der Waals surface area contributed by atoms with Gasteiger partial charge >= 0.3 is 0 Å². The van der Waals surface area contributed by atoms with Crippen molar-refractivity contribution in [1.82, 2.24) is 15.6 Å². The molecule has 5 nitrogen and oxygen atoms in total. The molecule has 1 aliphatic rings. The number of carbonyl (C=O) groups is 1. The van der Waals surface area contributed by atoms with Gasteiger partial charge < -0.3 is 20.4 Å². The van der Waals surface area contributed by atoms with Crippen molar-refractivity contribution >= 4 is 21.8 Å². The Morgan fingerprint density at radius 2 is 2.56 bits per heavy atom. The molecule has 1 saturated heterocycles. The fourth-order valence-corrected chi connectivity index (χ4v) is 1.90. The number of halogens is 1. The molecule has 1 aromatic rings. The Kier molecular flexibility index (Phi) is 3.98. The molecule has 0 radical (unpaired) electrons.